The molecule has 0 saturated carbocycles. The summed E-state index contributed by atoms with van der Waals surface area (Å²) in [6, 6.07) is 16.0. The zero-order valence-corrected chi connectivity index (χ0v) is 12.0. The van der Waals surface area contributed by atoms with Gasteiger partial charge in [-0.3, -0.25) is 0 Å². The average molecular weight is 300 g/mol. The first-order valence-electron chi connectivity index (χ1n) is 6.10. The molecule has 1 N–H and O–H groups in total. The van der Waals surface area contributed by atoms with Crippen LogP contribution in [0.4, 0.5) is 0 Å². The Hall–Kier alpha value is -1.12. The third-order valence-electron chi connectivity index (χ3n) is 2.42. The largest absolute Gasteiger partial charge is 0.748 e. The number of aliphatic hydroxyl groups excluding tert-OH is 1. The molecule has 19 heavy (non-hydrogen) atoms. The zero-order chi connectivity index (χ0) is 13.1. The summed E-state index contributed by atoms with van der Waals surface area (Å²) in [5, 5.41) is 8.53. The second kappa shape index (κ2) is 11.9. The third kappa shape index (κ3) is 7.81. The van der Waals surface area contributed by atoms with E-state index in [-0.39, 0.29) is 23.7 Å². The van der Waals surface area contributed by atoms with Crippen LogP contribution in [0.1, 0.15) is 17.5 Å². The Kier molecular flexibility index (Phi) is 11.2. The van der Waals surface area contributed by atoms with Crippen LogP contribution in [0.25, 0.3) is 6.08 Å². The molecule has 2 nitrogen and oxygen atoms in total. The average Bonchev–Trinajstić information content (AvgIpc) is 3.08. The van der Waals surface area contributed by atoms with Crippen molar-refractivity contribution >= 4 is 6.08 Å². The molecule has 0 spiro atoms. The summed E-state index contributed by atoms with van der Waals surface area (Å²) in [6.45, 7) is 5.12. The molecule has 110 valence electrons. The molecule has 0 fully saturated rings. The SMILES string of the molecule is C=C[c-]1cccc1COCCCO.[Fe].[cH-]1[cH-][cH-][cH-][cH-]1. The zero-order valence-electron chi connectivity index (χ0n) is 10.9. The minimum Gasteiger partial charge on any atom is -0.748 e. The maximum absolute atomic E-state index is 8.53. The van der Waals surface area contributed by atoms with Crippen molar-refractivity contribution < 1.29 is 26.9 Å². The number of ether oxygens (including phenoxy) is 1. The summed E-state index contributed by atoms with van der Waals surface area (Å²) in [5.74, 6) is 0. The van der Waals surface area contributed by atoms with Crippen LogP contribution in [-0.4, -0.2) is 18.3 Å². The van der Waals surface area contributed by atoms with Crippen LogP contribution < -0.4 is 0 Å². The van der Waals surface area contributed by atoms with Gasteiger partial charge >= 0.3 is 0 Å². The van der Waals surface area contributed by atoms with Crippen molar-refractivity contribution in [2.24, 2.45) is 0 Å². The van der Waals surface area contributed by atoms with Gasteiger partial charge in [-0.1, -0.05) is 0 Å². The summed E-state index contributed by atoms with van der Waals surface area (Å²) in [7, 11) is 0. The minimum atomic E-state index is 0. The van der Waals surface area contributed by atoms with Gasteiger partial charge in [0.25, 0.3) is 0 Å². The van der Waals surface area contributed by atoms with Crippen molar-refractivity contribution in [3.05, 3.63) is 66.2 Å². The Balaban J connectivity index is 0.000000454. The van der Waals surface area contributed by atoms with Crippen LogP contribution >= 0.6 is 0 Å². The van der Waals surface area contributed by atoms with Gasteiger partial charge in [0, 0.05) is 30.3 Å². The van der Waals surface area contributed by atoms with E-state index in [2.05, 4.69) is 6.58 Å². The summed E-state index contributed by atoms with van der Waals surface area (Å²) in [4.78, 5) is 0. The normalized spacial score (nSPS) is 9.11. The molecule has 2 aromatic rings. The standard InChI is InChI=1S/C11H15O2.C5H5.Fe/c1-2-10-5-3-6-11(10)9-13-8-4-7-12;1-2-4-5-3-1;/h2-3,5-6,12H,1,4,7-9H2;1-5H;/q-1;-5;. The van der Waals surface area contributed by atoms with Crippen molar-refractivity contribution in [1.82, 2.24) is 0 Å². The molecule has 2 aromatic carbocycles. The van der Waals surface area contributed by atoms with Crippen molar-refractivity contribution in [1.29, 1.82) is 0 Å². The van der Waals surface area contributed by atoms with E-state index in [1.54, 1.807) is 0 Å². The molecule has 0 aliphatic heterocycles. The maximum Gasteiger partial charge on any atom is 0.0547 e. The summed E-state index contributed by atoms with van der Waals surface area (Å²) in [5.41, 5.74) is 2.29. The molecule has 0 atom stereocenters. The Bertz CT molecular complexity index is 387. The van der Waals surface area contributed by atoms with E-state index in [0.29, 0.717) is 19.6 Å². The van der Waals surface area contributed by atoms with Crippen LogP contribution in [0.3, 0.4) is 0 Å². The monoisotopic (exact) mass is 300 g/mol. The van der Waals surface area contributed by atoms with Gasteiger partial charge in [-0.05, 0) is 6.42 Å². The first kappa shape index (κ1) is 17.9. The van der Waals surface area contributed by atoms with Gasteiger partial charge in [-0.15, -0.1) is 23.3 Å². The summed E-state index contributed by atoms with van der Waals surface area (Å²) in [6.07, 6.45) is 2.52. The van der Waals surface area contributed by atoms with E-state index in [1.807, 2.05) is 54.6 Å². The van der Waals surface area contributed by atoms with Gasteiger partial charge in [0.2, 0.25) is 0 Å². The van der Waals surface area contributed by atoms with Crippen molar-refractivity contribution in [3.8, 4) is 0 Å². The van der Waals surface area contributed by atoms with Gasteiger partial charge in [0.05, 0.1) is 6.61 Å². The fraction of sp³-hybridized carbons (Fsp3) is 0.250. The van der Waals surface area contributed by atoms with Crippen molar-refractivity contribution in [3.63, 3.8) is 0 Å². The molecule has 3 heteroatoms. The second-order valence-corrected chi connectivity index (χ2v) is 3.80. The minimum absolute atomic E-state index is 0. The van der Waals surface area contributed by atoms with E-state index in [0.717, 1.165) is 11.1 Å². The molecular weight excluding hydrogens is 280 g/mol. The molecule has 0 unspecified atom stereocenters. The smallest absolute Gasteiger partial charge is 0.0547 e. The van der Waals surface area contributed by atoms with Crippen LogP contribution in [0.15, 0.2) is 55.1 Å². The second-order valence-electron chi connectivity index (χ2n) is 3.80. The predicted octanol–water partition coefficient (Wildman–Crippen LogP) is 3.35. The molecule has 0 bridgehead atoms. The molecule has 0 saturated heterocycles. The topological polar surface area (TPSA) is 29.5 Å². The fourth-order valence-corrected chi connectivity index (χ4v) is 1.47. The van der Waals surface area contributed by atoms with E-state index < -0.39 is 0 Å². The molecule has 0 aromatic heterocycles. The summed E-state index contributed by atoms with van der Waals surface area (Å²) >= 11 is 0. The number of hydrogen-bond donors (Lipinski definition) is 1. The van der Waals surface area contributed by atoms with Crippen LogP contribution in [0.2, 0.25) is 0 Å². The van der Waals surface area contributed by atoms with Crippen LogP contribution in [0, 0.1) is 0 Å². The van der Waals surface area contributed by atoms with Gasteiger partial charge < -0.3 is 40.2 Å². The van der Waals surface area contributed by atoms with Crippen molar-refractivity contribution in [2.45, 2.75) is 13.0 Å². The van der Waals surface area contributed by atoms with Gasteiger partial charge in [-0.25, -0.2) is 0 Å². The van der Waals surface area contributed by atoms with E-state index in [4.69, 9.17) is 9.84 Å². The van der Waals surface area contributed by atoms with Crippen molar-refractivity contribution in [2.75, 3.05) is 13.2 Å². The molecule has 0 radical (unpaired) electrons. The molecule has 0 aliphatic rings. The van der Waals surface area contributed by atoms with E-state index in [9.17, 15) is 0 Å². The first-order chi connectivity index (χ1) is 8.88. The van der Waals surface area contributed by atoms with Gasteiger partial charge in [0.15, 0.2) is 0 Å². The molecule has 0 aliphatic carbocycles. The Morgan fingerprint density at radius 2 is 1.89 bits per heavy atom. The fourth-order valence-electron chi connectivity index (χ4n) is 1.47. The molecule has 0 heterocycles. The Labute approximate surface area is 125 Å². The van der Waals surface area contributed by atoms with Crippen LogP contribution in [0.5, 0.6) is 0 Å². The Morgan fingerprint density at radius 3 is 2.42 bits per heavy atom. The summed E-state index contributed by atoms with van der Waals surface area (Å²) < 4.78 is 5.35. The first-order valence-corrected chi connectivity index (χ1v) is 6.10. The molecular formula is C16H20FeO2-6. The van der Waals surface area contributed by atoms with Crippen LogP contribution in [-0.2, 0) is 28.4 Å². The Morgan fingerprint density at radius 1 is 1.26 bits per heavy atom. The predicted molar refractivity (Wildman–Crippen MR) is 75.5 cm³/mol. The number of hydrogen-bond acceptors (Lipinski definition) is 2. The van der Waals surface area contributed by atoms with Gasteiger partial charge in [0.1, 0.15) is 0 Å². The van der Waals surface area contributed by atoms with Gasteiger partial charge in [-0.2, -0.15) is 18.7 Å². The quantitative estimate of drug-likeness (QED) is 0.503. The number of aliphatic hydroxyl groups is 1. The van der Waals surface area contributed by atoms with E-state index in [1.165, 1.54) is 0 Å². The third-order valence-corrected chi connectivity index (χ3v) is 2.42. The number of rotatable bonds is 6. The molecule has 0 amide bonds. The maximum atomic E-state index is 8.53. The molecule has 2 rings (SSSR count). The van der Waals surface area contributed by atoms with E-state index >= 15 is 0 Å².